The van der Waals surface area contributed by atoms with Gasteiger partial charge in [0, 0.05) is 44.8 Å². The maximum Gasteiger partial charge on any atom is 0.0669 e. The van der Waals surface area contributed by atoms with Crippen molar-refractivity contribution in [1.29, 1.82) is 0 Å². The fourth-order valence-corrected chi connectivity index (χ4v) is 2.79. The summed E-state index contributed by atoms with van der Waals surface area (Å²) in [4.78, 5) is 2.53. The summed E-state index contributed by atoms with van der Waals surface area (Å²) in [6.45, 7) is 5.82. The highest BCUT2D eigenvalue weighted by atomic mass is 15.2. The quantitative estimate of drug-likeness (QED) is 0.772. The van der Waals surface area contributed by atoms with Gasteiger partial charge in [0.25, 0.3) is 0 Å². The third kappa shape index (κ3) is 1.99. The number of rotatable bonds is 3. The fraction of sp³-hybridized carbons (Fsp3) is 0.750. The Morgan fingerprint density at radius 1 is 1.19 bits per heavy atom. The Bertz CT molecular complexity index is 352. The number of nitrogens with one attached hydrogen (secondary N) is 2. The van der Waals surface area contributed by atoms with Crippen molar-refractivity contribution in [2.45, 2.75) is 25.7 Å². The molecule has 88 valence electrons. The minimum atomic E-state index is 1.12. The van der Waals surface area contributed by atoms with Gasteiger partial charge in [0.1, 0.15) is 0 Å². The summed E-state index contributed by atoms with van der Waals surface area (Å²) in [6, 6.07) is 0. The lowest BCUT2D eigenvalue weighted by Gasteiger charge is -2.26. The van der Waals surface area contributed by atoms with Crippen molar-refractivity contribution >= 4 is 0 Å². The summed E-state index contributed by atoms with van der Waals surface area (Å²) in [7, 11) is 0. The lowest BCUT2D eigenvalue weighted by Crippen LogP contribution is -2.44. The Labute approximate surface area is 96.4 Å². The molecule has 16 heavy (non-hydrogen) atoms. The molecule has 4 nitrogen and oxygen atoms in total. The van der Waals surface area contributed by atoms with E-state index in [-0.39, 0.29) is 0 Å². The maximum atomic E-state index is 4.45. The van der Waals surface area contributed by atoms with Gasteiger partial charge in [-0.05, 0) is 24.8 Å². The topological polar surface area (TPSA) is 44.0 Å². The predicted molar refractivity (Wildman–Crippen MR) is 63.6 cm³/mol. The summed E-state index contributed by atoms with van der Waals surface area (Å²) in [5.74, 6) is 0. The van der Waals surface area contributed by atoms with Gasteiger partial charge in [-0.1, -0.05) is 0 Å². The first-order valence-electron chi connectivity index (χ1n) is 6.41. The first kappa shape index (κ1) is 10.3. The van der Waals surface area contributed by atoms with E-state index in [9.17, 15) is 0 Å². The second-order valence-electron chi connectivity index (χ2n) is 4.82. The first-order valence-corrected chi connectivity index (χ1v) is 6.41. The Kier molecular flexibility index (Phi) is 2.93. The van der Waals surface area contributed by atoms with E-state index in [0.717, 1.165) is 19.5 Å². The molecule has 2 heterocycles. The van der Waals surface area contributed by atoms with Gasteiger partial charge in [-0.2, -0.15) is 5.10 Å². The first-order chi connectivity index (χ1) is 7.93. The van der Waals surface area contributed by atoms with E-state index in [4.69, 9.17) is 0 Å². The molecule has 0 spiro atoms. The molecular formula is C12H20N4. The Morgan fingerprint density at radius 3 is 2.94 bits per heavy atom. The number of hydrogen-bond donors (Lipinski definition) is 2. The Balaban J connectivity index is 1.57. The number of aryl methyl sites for hydroxylation is 1. The van der Waals surface area contributed by atoms with Crippen LogP contribution in [0.25, 0.3) is 0 Å². The van der Waals surface area contributed by atoms with E-state index in [0.29, 0.717) is 0 Å². The van der Waals surface area contributed by atoms with Crippen molar-refractivity contribution in [1.82, 2.24) is 20.4 Å². The lowest BCUT2D eigenvalue weighted by atomic mass is 10.1. The molecule has 0 radical (unpaired) electrons. The van der Waals surface area contributed by atoms with Crippen LogP contribution < -0.4 is 5.32 Å². The predicted octanol–water partition coefficient (Wildman–Crippen LogP) is 0.346. The third-order valence-electron chi connectivity index (χ3n) is 3.77. The van der Waals surface area contributed by atoms with Gasteiger partial charge in [0.2, 0.25) is 0 Å². The van der Waals surface area contributed by atoms with E-state index in [1.54, 1.807) is 0 Å². The highest BCUT2D eigenvalue weighted by Gasteiger charge is 2.18. The van der Waals surface area contributed by atoms with Crippen LogP contribution in [0.5, 0.6) is 0 Å². The van der Waals surface area contributed by atoms with Crippen LogP contribution in [-0.4, -0.2) is 47.8 Å². The fourth-order valence-electron chi connectivity index (χ4n) is 2.79. The van der Waals surface area contributed by atoms with Crippen molar-refractivity contribution in [2.75, 3.05) is 32.7 Å². The minimum Gasteiger partial charge on any atom is -0.314 e. The largest absolute Gasteiger partial charge is 0.314 e. The van der Waals surface area contributed by atoms with Crippen LogP contribution in [0.1, 0.15) is 23.4 Å². The number of hydrogen-bond acceptors (Lipinski definition) is 3. The van der Waals surface area contributed by atoms with Crippen LogP contribution in [0.2, 0.25) is 0 Å². The molecule has 1 aromatic heterocycles. The SMILES string of the molecule is C1Cc2[nH]nc(CCN3CCNCC3)c2C1. The summed E-state index contributed by atoms with van der Waals surface area (Å²) < 4.78 is 0. The Hall–Kier alpha value is -0.870. The second-order valence-corrected chi connectivity index (χ2v) is 4.82. The molecule has 1 aromatic rings. The van der Waals surface area contributed by atoms with Gasteiger partial charge in [-0.3, -0.25) is 5.10 Å². The molecule has 1 saturated heterocycles. The monoisotopic (exact) mass is 220 g/mol. The zero-order valence-electron chi connectivity index (χ0n) is 9.76. The molecule has 1 aliphatic heterocycles. The number of aromatic nitrogens is 2. The summed E-state index contributed by atoms with van der Waals surface area (Å²) in [5, 5.41) is 11.0. The standard InChI is InChI=1S/C12H20N4/c1-2-10-11(3-1)14-15-12(10)4-7-16-8-5-13-6-9-16/h13H,1-9H2,(H,14,15). The van der Waals surface area contributed by atoms with Crippen LogP contribution in [-0.2, 0) is 19.3 Å². The van der Waals surface area contributed by atoms with Crippen molar-refractivity contribution < 1.29 is 0 Å². The second kappa shape index (κ2) is 4.55. The van der Waals surface area contributed by atoms with E-state index >= 15 is 0 Å². The summed E-state index contributed by atoms with van der Waals surface area (Å²) in [5.41, 5.74) is 4.25. The molecule has 0 atom stereocenters. The normalized spacial score (nSPS) is 21.2. The van der Waals surface area contributed by atoms with Crippen LogP contribution in [0.15, 0.2) is 0 Å². The van der Waals surface area contributed by atoms with Crippen LogP contribution >= 0.6 is 0 Å². The number of aromatic amines is 1. The summed E-state index contributed by atoms with van der Waals surface area (Å²) in [6.07, 6.45) is 4.87. The molecule has 1 fully saturated rings. The van der Waals surface area contributed by atoms with Gasteiger partial charge in [0.15, 0.2) is 0 Å². The van der Waals surface area contributed by atoms with E-state index in [2.05, 4.69) is 20.4 Å². The molecule has 2 aliphatic rings. The highest BCUT2D eigenvalue weighted by Crippen LogP contribution is 2.23. The number of fused-ring (bicyclic) bond motifs is 1. The van der Waals surface area contributed by atoms with Crippen LogP contribution in [0.4, 0.5) is 0 Å². The molecule has 3 rings (SSSR count). The number of H-pyrrole nitrogens is 1. The van der Waals surface area contributed by atoms with Crippen molar-refractivity contribution in [3.8, 4) is 0 Å². The molecule has 0 amide bonds. The highest BCUT2D eigenvalue weighted by molar-refractivity contribution is 5.29. The molecule has 0 unspecified atom stereocenters. The molecule has 4 heteroatoms. The zero-order valence-corrected chi connectivity index (χ0v) is 9.76. The van der Waals surface area contributed by atoms with Gasteiger partial charge in [-0.25, -0.2) is 0 Å². The number of nitrogens with zero attached hydrogens (tertiary/aromatic N) is 2. The van der Waals surface area contributed by atoms with Crippen molar-refractivity contribution in [3.05, 3.63) is 17.0 Å². The van der Waals surface area contributed by atoms with Gasteiger partial charge >= 0.3 is 0 Å². The molecule has 0 bridgehead atoms. The van der Waals surface area contributed by atoms with Gasteiger partial charge in [-0.15, -0.1) is 0 Å². The molecule has 0 aromatic carbocycles. The van der Waals surface area contributed by atoms with Crippen LogP contribution in [0.3, 0.4) is 0 Å². The van der Waals surface area contributed by atoms with Gasteiger partial charge in [0.05, 0.1) is 5.69 Å². The smallest absolute Gasteiger partial charge is 0.0669 e. The molecule has 1 aliphatic carbocycles. The van der Waals surface area contributed by atoms with E-state index < -0.39 is 0 Å². The van der Waals surface area contributed by atoms with E-state index in [1.165, 1.54) is 55.8 Å². The number of piperazine rings is 1. The lowest BCUT2D eigenvalue weighted by molar-refractivity contribution is 0.243. The average molecular weight is 220 g/mol. The third-order valence-corrected chi connectivity index (χ3v) is 3.77. The van der Waals surface area contributed by atoms with Crippen molar-refractivity contribution in [3.63, 3.8) is 0 Å². The molecule has 2 N–H and O–H groups in total. The van der Waals surface area contributed by atoms with E-state index in [1.807, 2.05) is 0 Å². The average Bonchev–Trinajstić information content (AvgIpc) is 2.90. The van der Waals surface area contributed by atoms with Crippen molar-refractivity contribution in [2.24, 2.45) is 0 Å². The maximum absolute atomic E-state index is 4.45. The molecule has 0 saturated carbocycles. The molecular weight excluding hydrogens is 200 g/mol. The zero-order chi connectivity index (χ0) is 10.8. The van der Waals surface area contributed by atoms with Crippen LogP contribution in [0, 0.1) is 0 Å². The Morgan fingerprint density at radius 2 is 2.06 bits per heavy atom. The minimum absolute atomic E-state index is 1.12. The van der Waals surface area contributed by atoms with Gasteiger partial charge < -0.3 is 10.2 Å². The summed E-state index contributed by atoms with van der Waals surface area (Å²) >= 11 is 0.